The van der Waals surface area contributed by atoms with Crippen LogP contribution in [0, 0.1) is 23.7 Å². The molecule has 2 aliphatic heterocycles. The number of fused-ring (bicyclic) bond motifs is 2. The summed E-state index contributed by atoms with van der Waals surface area (Å²) in [6.45, 7) is 17.2. The van der Waals surface area contributed by atoms with Crippen molar-refractivity contribution in [3.05, 3.63) is 95.6 Å². The van der Waals surface area contributed by atoms with Gasteiger partial charge in [0.25, 0.3) is 5.97 Å². The molecule has 244 valence electrons. The zero-order valence-electron chi connectivity index (χ0n) is 27.8. The van der Waals surface area contributed by atoms with Crippen LogP contribution in [-0.4, -0.2) is 55.6 Å². The molecular formula is C38H46O7Si. The maximum Gasteiger partial charge on any atom is 0.338 e. The van der Waals surface area contributed by atoms with Crippen LogP contribution in [0.25, 0.3) is 0 Å². The first kappa shape index (κ1) is 31.7. The van der Waals surface area contributed by atoms with Crippen molar-refractivity contribution in [1.29, 1.82) is 0 Å². The fourth-order valence-corrected chi connectivity index (χ4v) is 10.8. The largest absolute Gasteiger partial charge is 0.458 e. The Morgan fingerprint density at radius 3 is 2.35 bits per heavy atom. The first-order valence-electron chi connectivity index (χ1n) is 16.7. The van der Waals surface area contributed by atoms with Crippen LogP contribution in [0.2, 0.25) is 19.6 Å². The smallest absolute Gasteiger partial charge is 0.338 e. The molecule has 2 heterocycles. The second-order valence-corrected chi connectivity index (χ2v) is 19.8. The van der Waals surface area contributed by atoms with Crippen molar-refractivity contribution in [3.63, 3.8) is 0 Å². The molecule has 4 fully saturated rings. The van der Waals surface area contributed by atoms with E-state index in [0.717, 1.165) is 16.7 Å². The highest BCUT2D eigenvalue weighted by molar-refractivity contribution is 6.70. The van der Waals surface area contributed by atoms with E-state index in [1.807, 2.05) is 50.2 Å². The van der Waals surface area contributed by atoms with E-state index in [-0.39, 0.29) is 36.1 Å². The fourth-order valence-electron chi connectivity index (χ4n) is 9.43. The third-order valence-corrected chi connectivity index (χ3v) is 12.0. The lowest BCUT2D eigenvalue weighted by Crippen LogP contribution is -2.71. The van der Waals surface area contributed by atoms with Gasteiger partial charge in [0.1, 0.15) is 23.9 Å². The van der Waals surface area contributed by atoms with Crippen LogP contribution in [0.4, 0.5) is 0 Å². The minimum atomic E-state index is -2.29. The molecule has 2 saturated heterocycles. The SMILES string of the molecule is C=C(C)[C@]12C[C@@H](C)[C@@]34O[C@@](Cc5ccccc5)(O[C@@H]1[C@@H]3C=C(COC(=O)c1ccccc1)C[C@]1(O[Si](C)(C)C)C(=O)[C@@H](C)C[C@@H]41)O2. The summed E-state index contributed by atoms with van der Waals surface area (Å²) in [5, 5.41) is 0. The van der Waals surface area contributed by atoms with Crippen molar-refractivity contribution < 1.29 is 33.0 Å². The molecule has 2 saturated carbocycles. The number of ether oxygens (including phenoxy) is 4. The summed E-state index contributed by atoms with van der Waals surface area (Å²) in [6.07, 6.45) is 3.85. The Hall–Kier alpha value is -2.88. The number of hydrogen-bond acceptors (Lipinski definition) is 7. The van der Waals surface area contributed by atoms with Gasteiger partial charge in [-0.1, -0.05) is 75.0 Å². The molecule has 9 atom stereocenters. The monoisotopic (exact) mass is 642 g/mol. The van der Waals surface area contributed by atoms with Crippen LogP contribution in [0.1, 0.15) is 56.0 Å². The van der Waals surface area contributed by atoms with Gasteiger partial charge in [0, 0.05) is 24.2 Å². The number of carbonyl (C=O) groups excluding carboxylic acids is 2. The number of hydrogen-bond donors (Lipinski definition) is 0. The maximum atomic E-state index is 14.6. The van der Waals surface area contributed by atoms with E-state index in [0.29, 0.717) is 31.2 Å². The first-order chi connectivity index (χ1) is 21.7. The summed E-state index contributed by atoms with van der Waals surface area (Å²) in [4.78, 5) is 27.7. The van der Waals surface area contributed by atoms with E-state index >= 15 is 0 Å². The van der Waals surface area contributed by atoms with Gasteiger partial charge in [-0.05, 0) is 74.2 Å². The van der Waals surface area contributed by atoms with Crippen molar-refractivity contribution >= 4 is 20.1 Å². The van der Waals surface area contributed by atoms with Gasteiger partial charge in [0.05, 0.1) is 17.6 Å². The zero-order valence-corrected chi connectivity index (χ0v) is 28.8. The van der Waals surface area contributed by atoms with Gasteiger partial charge in [-0.25, -0.2) is 4.79 Å². The molecule has 46 heavy (non-hydrogen) atoms. The molecule has 8 heteroatoms. The second kappa shape index (κ2) is 10.8. The lowest BCUT2D eigenvalue weighted by molar-refractivity contribution is -0.424. The first-order valence-corrected chi connectivity index (χ1v) is 20.1. The van der Waals surface area contributed by atoms with Crippen LogP contribution in [0.5, 0.6) is 0 Å². The van der Waals surface area contributed by atoms with Crippen molar-refractivity contribution in [1.82, 2.24) is 0 Å². The summed E-state index contributed by atoms with van der Waals surface area (Å²) >= 11 is 0. The van der Waals surface area contributed by atoms with E-state index < -0.39 is 43.2 Å². The highest BCUT2D eigenvalue weighted by Crippen LogP contribution is 2.69. The van der Waals surface area contributed by atoms with Gasteiger partial charge in [0.15, 0.2) is 14.1 Å². The van der Waals surface area contributed by atoms with Crippen molar-refractivity contribution in [2.24, 2.45) is 23.7 Å². The molecule has 3 bridgehead atoms. The van der Waals surface area contributed by atoms with Crippen LogP contribution < -0.4 is 0 Å². The average Bonchev–Trinajstić information content (AvgIpc) is 3.31. The molecule has 5 aliphatic rings. The van der Waals surface area contributed by atoms with E-state index in [2.05, 4.69) is 51.4 Å². The summed E-state index contributed by atoms with van der Waals surface area (Å²) in [6, 6.07) is 19.1. The van der Waals surface area contributed by atoms with Crippen molar-refractivity contribution in [3.8, 4) is 0 Å². The molecule has 0 aromatic heterocycles. The van der Waals surface area contributed by atoms with E-state index in [4.69, 9.17) is 23.4 Å². The quantitative estimate of drug-likeness (QED) is 0.174. The average molecular weight is 643 g/mol. The second-order valence-electron chi connectivity index (χ2n) is 15.3. The third-order valence-electron chi connectivity index (χ3n) is 11.0. The minimum Gasteiger partial charge on any atom is -0.458 e. The van der Waals surface area contributed by atoms with Crippen molar-refractivity contribution in [2.75, 3.05) is 6.61 Å². The van der Waals surface area contributed by atoms with E-state index in [1.54, 1.807) is 12.1 Å². The van der Waals surface area contributed by atoms with Crippen LogP contribution in [-0.2, 0) is 34.6 Å². The summed E-state index contributed by atoms with van der Waals surface area (Å²) in [5.41, 5.74) is 0.555. The lowest BCUT2D eigenvalue weighted by Gasteiger charge is -2.60. The Labute approximate surface area is 273 Å². The fraction of sp³-hybridized carbons (Fsp3) is 0.526. The van der Waals surface area contributed by atoms with Crippen LogP contribution in [0.3, 0.4) is 0 Å². The van der Waals surface area contributed by atoms with Gasteiger partial charge in [-0.3, -0.25) is 4.79 Å². The molecule has 0 amide bonds. The molecule has 0 N–H and O–H groups in total. The molecule has 2 aromatic carbocycles. The number of Topliss-reactive ketones (excluding diaryl/α,β-unsaturated/α-hetero) is 1. The predicted molar refractivity (Wildman–Crippen MR) is 176 cm³/mol. The number of carbonyl (C=O) groups is 2. The molecule has 0 unspecified atom stereocenters. The zero-order chi connectivity index (χ0) is 32.7. The maximum absolute atomic E-state index is 14.6. The summed E-state index contributed by atoms with van der Waals surface area (Å²) in [5.74, 6) is -2.39. The lowest BCUT2D eigenvalue weighted by atomic mass is 9.54. The van der Waals surface area contributed by atoms with E-state index in [1.165, 1.54) is 0 Å². The summed E-state index contributed by atoms with van der Waals surface area (Å²) in [7, 11) is -2.29. The predicted octanol–water partition coefficient (Wildman–Crippen LogP) is 7.04. The standard InChI is InChI=1S/C38H46O7Si/c1-24(2)35-20-26(4)38-30(33(35)42-37(43-35,44-38)22-27-14-10-8-11-15-27)19-28(23-41-34(40)29-16-12-9-13-17-29)21-36(45-46(5,6)7)31(38)18-25(3)32(36)39/h8-17,19,25-26,30-31,33H,1,18,20-23H2,2-7H3/t25-,26+,30-,31+,33+,35+,36+,37-,38+/m0/s1. The van der Waals surface area contributed by atoms with Gasteiger partial charge in [0.2, 0.25) is 0 Å². The third kappa shape index (κ3) is 4.74. The molecule has 0 radical (unpaired) electrons. The van der Waals surface area contributed by atoms with Gasteiger partial charge in [-0.2, -0.15) is 0 Å². The molecule has 7 nitrogen and oxygen atoms in total. The van der Waals surface area contributed by atoms with Gasteiger partial charge < -0.3 is 23.4 Å². The Bertz CT molecular complexity index is 1580. The molecule has 3 aliphatic carbocycles. The molecule has 2 aromatic rings. The number of ketones is 1. The minimum absolute atomic E-state index is 0.0119. The van der Waals surface area contributed by atoms with Crippen LogP contribution in [0.15, 0.2) is 84.5 Å². The van der Waals surface area contributed by atoms with E-state index in [9.17, 15) is 9.59 Å². The molecule has 0 spiro atoms. The Kier molecular flexibility index (Phi) is 7.46. The van der Waals surface area contributed by atoms with Gasteiger partial charge in [-0.15, -0.1) is 0 Å². The van der Waals surface area contributed by atoms with Crippen molar-refractivity contribution in [2.45, 2.75) is 95.0 Å². The highest BCUT2D eigenvalue weighted by Gasteiger charge is 2.80. The highest BCUT2D eigenvalue weighted by atomic mass is 28.4. The number of benzene rings is 2. The Morgan fingerprint density at radius 2 is 1.70 bits per heavy atom. The molecular weight excluding hydrogens is 596 g/mol. The molecule has 7 rings (SSSR count). The topological polar surface area (TPSA) is 80.3 Å². The Morgan fingerprint density at radius 1 is 1.02 bits per heavy atom. The normalized spacial score (nSPS) is 39.3. The van der Waals surface area contributed by atoms with Crippen LogP contribution >= 0.6 is 0 Å². The Balaban J connectivity index is 1.39. The van der Waals surface area contributed by atoms with Gasteiger partial charge >= 0.3 is 5.97 Å². The summed E-state index contributed by atoms with van der Waals surface area (Å²) < 4.78 is 34.6. The number of esters is 1. The number of rotatable bonds is 8.